The summed E-state index contributed by atoms with van der Waals surface area (Å²) in [4.78, 5) is 20.5. The van der Waals surface area contributed by atoms with Gasteiger partial charge in [-0.2, -0.15) is 4.31 Å². The number of hydrogen-bond donors (Lipinski definition) is 1. The van der Waals surface area contributed by atoms with Gasteiger partial charge in [0.1, 0.15) is 5.82 Å². The Labute approximate surface area is 195 Å². The van der Waals surface area contributed by atoms with Crippen LogP contribution in [0, 0.1) is 5.82 Å². The number of fused-ring (bicyclic) bond motifs is 1. The van der Waals surface area contributed by atoms with E-state index in [1.54, 1.807) is 24.3 Å². The minimum Gasteiger partial charge on any atom is -0.369 e. The number of carbonyl (C=O) groups is 1. The number of nitrogens with zero attached hydrogens (tertiary/aromatic N) is 3. The van der Waals surface area contributed by atoms with Gasteiger partial charge in [0.05, 0.1) is 10.6 Å². The highest BCUT2D eigenvalue weighted by Crippen LogP contribution is 2.31. The summed E-state index contributed by atoms with van der Waals surface area (Å²) in [5.41, 5.74) is 2.18. The fourth-order valence-electron chi connectivity index (χ4n) is 4.20. The van der Waals surface area contributed by atoms with E-state index in [2.05, 4.69) is 10.3 Å². The van der Waals surface area contributed by atoms with Crippen LogP contribution in [0.2, 0.25) is 0 Å². The Hall–Kier alpha value is -2.82. The molecule has 0 atom stereocenters. The highest BCUT2D eigenvalue weighted by molar-refractivity contribution is 7.89. The molecule has 0 saturated carbocycles. The molecule has 0 spiro atoms. The van der Waals surface area contributed by atoms with Crippen LogP contribution in [0.3, 0.4) is 0 Å². The number of sulfonamides is 1. The van der Waals surface area contributed by atoms with Crippen molar-refractivity contribution in [3.63, 3.8) is 0 Å². The number of anilines is 2. The molecule has 5 rings (SSSR count). The van der Waals surface area contributed by atoms with Crippen LogP contribution < -0.4 is 10.2 Å². The van der Waals surface area contributed by atoms with Crippen molar-refractivity contribution in [3.05, 3.63) is 70.5 Å². The minimum atomic E-state index is -3.75. The number of halogens is 1. The second-order valence-corrected chi connectivity index (χ2v) is 11.1. The molecule has 1 aromatic heterocycles. The second-order valence-electron chi connectivity index (χ2n) is 8.09. The molecule has 33 heavy (non-hydrogen) atoms. The third-order valence-electron chi connectivity index (χ3n) is 5.98. The first kappa shape index (κ1) is 22.0. The SMILES string of the molecule is O=C(Nc1nc2c(s1)CCC2)c1cccc(S(=O)(=O)N2CCN(c3ccc(F)cc3)CC2)c1. The van der Waals surface area contributed by atoms with Crippen LogP contribution in [0.15, 0.2) is 53.4 Å². The lowest BCUT2D eigenvalue weighted by molar-refractivity contribution is 0.102. The van der Waals surface area contributed by atoms with Gasteiger partial charge in [0, 0.05) is 42.3 Å². The Morgan fingerprint density at radius 2 is 1.79 bits per heavy atom. The average Bonchev–Trinajstić information content (AvgIpc) is 3.42. The Bertz CT molecular complexity index is 1260. The van der Waals surface area contributed by atoms with E-state index in [1.165, 1.54) is 44.8 Å². The van der Waals surface area contributed by atoms with Gasteiger partial charge < -0.3 is 4.90 Å². The highest BCUT2D eigenvalue weighted by atomic mass is 32.2. The number of thiazole rings is 1. The van der Waals surface area contributed by atoms with Crippen molar-refractivity contribution in [1.82, 2.24) is 9.29 Å². The van der Waals surface area contributed by atoms with Gasteiger partial charge in [0.2, 0.25) is 10.0 Å². The predicted molar refractivity (Wildman–Crippen MR) is 126 cm³/mol. The number of aryl methyl sites for hydroxylation is 2. The smallest absolute Gasteiger partial charge is 0.257 e. The lowest BCUT2D eigenvalue weighted by Gasteiger charge is -2.35. The molecule has 7 nitrogen and oxygen atoms in total. The van der Waals surface area contributed by atoms with Crippen molar-refractivity contribution >= 4 is 38.1 Å². The van der Waals surface area contributed by atoms with Crippen LogP contribution in [0.5, 0.6) is 0 Å². The lowest BCUT2D eigenvalue weighted by Crippen LogP contribution is -2.48. The topological polar surface area (TPSA) is 82.6 Å². The summed E-state index contributed by atoms with van der Waals surface area (Å²) in [6.45, 7) is 1.61. The third-order valence-corrected chi connectivity index (χ3v) is 8.95. The van der Waals surface area contributed by atoms with Crippen LogP contribution >= 0.6 is 11.3 Å². The number of amides is 1. The quantitative estimate of drug-likeness (QED) is 0.597. The predicted octanol–water partition coefficient (Wildman–Crippen LogP) is 3.53. The molecule has 2 aromatic carbocycles. The Morgan fingerprint density at radius 1 is 1.03 bits per heavy atom. The van der Waals surface area contributed by atoms with E-state index in [1.807, 2.05) is 4.90 Å². The maximum absolute atomic E-state index is 13.2. The van der Waals surface area contributed by atoms with E-state index < -0.39 is 10.0 Å². The summed E-state index contributed by atoms with van der Waals surface area (Å²) in [6.07, 6.45) is 3.02. The van der Waals surface area contributed by atoms with E-state index in [0.29, 0.717) is 31.3 Å². The number of rotatable bonds is 5. The monoisotopic (exact) mass is 486 g/mol. The van der Waals surface area contributed by atoms with Crippen LogP contribution in [-0.2, 0) is 22.9 Å². The van der Waals surface area contributed by atoms with Gasteiger partial charge in [-0.3, -0.25) is 10.1 Å². The first-order valence-corrected chi connectivity index (χ1v) is 13.1. The van der Waals surface area contributed by atoms with Gasteiger partial charge in [-0.15, -0.1) is 11.3 Å². The zero-order valence-electron chi connectivity index (χ0n) is 17.8. The van der Waals surface area contributed by atoms with Crippen molar-refractivity contribution in [2.75, 3.05) is 36.4 Å². The number of carbonyl (C=O) groups excluding carboxylic acids is 1. The molecule has 3 aromatic rings. The Balaban J connectivity index is 1.27. The maximum atomic E-state index is 13.2. The Morgan fingerprint density at radius 3 is 2.52 bits per heavy atom. The molecule has 10 heteroatoms. The third kappa shape index (κ3) is 4.50. The van der Waals surface area contributed by atoms with Gasteiger partial charge in [-0.1, -0.05) is 6.07 Å². The van der Waals surface area contributed by atoms with Crippen molar-refractivity contribution in [1.29, 1.82) is 0 Å². The van der Waals surface area contributed by atoms with Crippen molar-refractivity contribution < 1.29 is 17.6 Å². The molecule has 1 N–H and O–H groups in total. The van der Waals surface area contributed by atoms with Gasteiger partial charge in [-0.25, -0.2) is 17.8 Å². The summed E-state index contributed by atoms with van der Waals surface area (Å²) >= 11 is 1.48. The normalized spacial score (nSPS) is 16.6. The Kier molecular flexibility index (Phi) is 5.90. The van der Waals surface area contributed by atoms with E-state index in [0.717, 1.165) is 30.6 Å². The molecule has 1 aliphatic heterocycles. The summed E-state index contributed by atoms with van der Waals surface area (Å²) in [5.74, 6) is -0.677. The molecule has 1 amide bonds. The fourth-order valence-corrected chi connectivity index (χ4v) is 6.71. The molecule has 172 valence electrons. The zero-order chi connectivity index (χ0) is 23.0. The maximum Gasteiger partial charge on any atom is 0.257 e. The van der Waals surface area contributed by atoms with Gasteiger partial charge >= 0.3 is 0 Å². The molecular formula is C23H23FN4O3S2. The van der Waals surface area contributed by atoms with E-state index in [9.17, 15) is 17.6 Å². The number of piperazine rings is 1. The molecule has 1 fully saturated rings. The van der Waals surface area contributed by atoms with Crippen molar-refractivity contribution in [2.45, 2.75) is 24.2 Å². The summed E-state index contributed by atoms with van der Waals surface area (Å²) in [5, 5.41) is 3.35. The number of hydrogen-bond acceptors (Lipinski definition) is 6. The largest absolute Gasteiger partial charge is 0.369 e. The van der Waals surface area contributed by atoms with Crippen LogP contribution in [0.25, 0.3) is 0 Å². The standard InChI is InChI=1S/C23H23FN4O3S2/c24-17-7-9-18(10-8-17)27-11-13-28(14-12-27)33(30,31)19-4-1-3-16(15-19)22(29)26-23-25-20-5-2-6-21(20)32-23/h1,3-4,7-10,15H,2,5-6,11-14H2,(H,25,26,29). The van der Waals surface area contributed by atoms with Crippen molar-refractivity contribution in [3.8, 4) is 0 Å². The first-order chi connectivity index (χ1) is 15.9. The number of nitrogens with one attached hydrogen (secondary N) is 1. The van der Waals surface area contributed by atoms with E-state index in [4.69, 9.17) is 0 Å². The highest BCUT2D eigenvalue weighted by Gasteiger charge is 2.29. The van der Waals surface area contributed by atoms with Gasteiger partial charge in [0.15, 0.2) is 5.13 Å². The summed E-state index contributed by atoms with van der Waals surface area (Å²) in [6, 6.07) is 12.3. The second kappa shape index (κ2) is 8.85. The molecule has 0 radical (unpaired) electrons. The van der Waals surface area contributed by atoms with Gasteiger partial charge in [0.25, 0.3) is 5.91 Å². The fraction of sp³-hybridized carbons (Fsp3) is 0.304. The van der Waals surface area contributed by atoms with E-state index >= 15 is 0 Å². The molecule has 2 aliphatic rings. The zero-order valence-corrected chi connectivity index (χ0v) is 19.5. The molecule has 2 heterocycles. The molecule has 0 unspecified atom stereocenters. The van der Waals surface area contributed by atoms with Crippen LogP contribution in [0.1, 0.15) is 27.3 Å². The van der Waals surface area contributed by atoms with E-state index in [-0.39, 0.29) is 22.2 Å². The van der Waals surface area contributed by atoms with Gasteiger partial charge in [-0.05, 0) is 61.7 Å². The number of aromatic nitrogens is 1. The first-order valence-electron chi connectivity index (χ1n) is 10.8. The summed E-state index contributed by atoms with van der Waals surface area (Å²) < 4.78 is 41.0. The average molecular weight is 487 g/mol. The minimum absolute atomic E-state index is 0.0898. The van der Waals surface area contributed by atoms with Crippen LogP contribution in [0.4, 0.5) is 15.2 Å². The lowest BCUT2D eigenvalue weighted by atomic mass is 10.2. The molecular weight excluding hydrogens is 463 g/mol. The van der Waals surface area contributed by atoms with Crippen LogP contribution in [-0.4, -0.2) is 49.8 Å². The molecule has 1 saturated heterocycles. The molecule has 1 aliphatic carbocycles. The molecule has 0 bridgehead atoms. The number of benzene rings is 2. The van der Waals surface area contributed by atoms with Crippen molar-refractivity contribution in [2.24, 2.45) is 0 Å². The summed E-state index contributed by atoms with van der Waals surface area (Å²) in [7, 11) is -3.75.